The highest BCUT2D eigenvalue weighted by Crippen LogP contribution is 2.19. The Morgan fingerprint density at radius 2 is 2.04 bits per heavy atom. The van der Waals surface area contributed by atoms with Crippen molar-refractivity contribution in [2.75, 3.05) is 11.9 Å². The molecule has 122 valence electrons. The molecule has 0 radical (unpaired) electrons. The van der Waals surface area contributed by atoms with Gasteiger partial charge >= 0.3 is 0 Å². The van der Waals surface area contributed by atoms with Crippen LogP contribution in [0.15, 0.2) is 51.4 Å². The Morgan fingerprint density at radius 3 is 2.83 bits per heavy atom. The van der Waals surface area contributed by atoms with Crippen molar-refractivity contribution in [2.24, 2.45) is 0 Å². The van der Waals surface area contributed by atoms with Gasteiger partial charge in [0.1, 0.15) is 5.52 Å². The zero-order chi connectivity index (χ0) is 17.1. The molecule has 1 heterocycles. The molecule has 0 saturated heterocycles. The first-order chi connectivity index (χ1) is 11.5. The van der Waals surface area contributed by atoms with Gasteiger partial charge < -0.3 is 15.1 Å². The fraction of sp³-hybridized carbons (Fsp3) is 0.118. The first-order valence-corrected chi connectivity index (χ1v) is 8.01. The lowest BCUT2D eigenvalue weighted by molar-refractivity contribution is -0.115. The smallest absolute Gasteiger partial charge is 0.251 e. The van der Waals surface area contributed by atoms with Crippen molar-refractivity contribution in [2.45, 2.75) is 6.92 Å². The summed E-state index contributed by atoms with van der Waals surface area (Å²) in [7, 11) is 0. The van der Waals surface area contributed by atoms with E-state index in [1.54, 1.807) is 43.3 Å². The summed E-state index contributed by atoms with van der Waals surface area (Å²) in [6.07, 6.45) is 0. The third-order valence-electron chi connectivity index (χ3n) is 3.27. The highest BCUT2D eigenvalue weighted by atomic mass is 79.9. The molecule has 0 spiro atoms. The predicted octanol–water partition coefficient (Wildman–Crippen LogP) is 3.27. The second-order valence-electron chi connectivity index (χ2n) is 5.16. The fourth-order valence-corrected chi connectivity index (χ4v) is 2.62. The second kappa shape index (κ2) is 6.84. The minimum absolute atomic E-state index is 0.124. The number of anilines is 1. The fourth-order valence-electron chi connectivity index (χ4n) is 2.22. The molecule has 0 bridgehead atoms. The normalized spacial score (nSPS) is 10.6. The quantitative estimate of drug-likeness (QED) is 0.719. The average molecular weight is 388 g/mol. The molecule has 3 aromatic rings. The SMILES string of the molecule is Cc1nc2cc(NC(=O)CNC(=O)c3cccc(Br)c3)ccc2o1. The molecule has 0 aliphatic heterocycles. The van der Waals surface area contributed by atoms with Gasteiger partial charge in [-0.15, -0.1) is 0 Å². The summed E-state index contributed by atoms with van der Waals surface area (Å²) >= 11 is 3.30. The summed E-state index contributed by atoms with van der Waals surface area (Å²) in [5.74, 6) is -0.0679. The number of aryl methyl sites for hydroxylation is 1. The van der Waals surface area contributed by atoms with Crippen LogP contribution in [0.4, 0.5) is 5.69 Å². The third kappa shape index (κ3) is 3.80. The molecular weight excluding hydrogens is 374 g/mol. The predicted molar refractivity (Wildman–Crippen MR) is 93.9 cm³/mol. The molecule has 7 heteroatoms. The standard InChI is InChI=1S/C17H14BrN3O3/c1-10-20-14-8-13(5-6-15(14)24-10)21-16(22)9-19-17(23)11-3-2-4-12(18)7-11/h2-8H,9H2,1H3,(H,19,23)(H,21,22). The Morgan fingerprint density at radius 1 is 1.21 bits per heavy atom. The minimum atomic E-state index is -0.321. The van der Waals surface area contributed by atoms with Gasteiger partial charge in [-0.1, -0.05) is 22.0 Å². The maximum Gasteiger partial charge on any atom is 0.251 e. The maximum absolute atomic E-state index is 12.0. The Labute approximate surface area is 146 Å². The number of nitrogens with zero attached hydrogens (tertiary/aromatic N) is 1. The van der Waals surface area contributed by atoms with Crippen molar-refractivity contribution in [1.29, 1.82) is 0 Å². The van der Waals surface area contributed by atoms with Crippen molar-refractivity contribution < 1.29 is 14.0 Å². The van der Waals surface area contributed by atoms with E-state index in [2.05, 4.69) is 31.5 Å². The topological polar surface area (TPSA) is 84.2 Å². The van der Waals surface area contributed by atoms with Gasteiger partial charge in [-0.05, 0) is 36.4 Å². The zero-order valence-corrected chi connectivity index (χ0v) is 14.4. The van der Waals surface area contributed by atoms with Crippen LogP contribution in [0.3, 0.4) is 0 Å². The van der Waals surface area contributed by atoms with Gasteiger partial charge in [0, 0.05) is 22.6 Å². The number of rotatable bonds is 4. The van der Waals surface area contributed by atoms with Crippen molar-refractivity contribution in [3.63, 3.8) is 0 Å². The molecule has 0 unspecified atom stereocenters. The van der Waals surface area contributed by atoms with E-state index in [4.69, 9.17) is 4.42 Å². The number of amides is 2. The van der Waals surface area contributed by atoms with E-state index in [-0.39, 0.29) is 18.4 Å². The van der Waals surface area contributed by atoms with E-state index in [1.165, 1.54) is 0 Å². The highest BCUT2D eigenvalue weighted by molar-refractivity contribution is 9.10. The van der Waals surface area contributed by atoms with E-state index in [0.29, 0.717) is 28.2 Å². The van der Waals surface area contributed by atoms with Crippen molar-refractivity contribution in [3.05, 3.63) is 58.4 Å². The summed E-state index contributed by atoms with van der Waals surface area (Å²) < 4.78 is 6.18. The average Bonchev–Trinajstić information content (AvgIpc) is 2.92. The molecule has 2 aromatic carbocycles. The molecule has 0 aliphatic carbocycles. The minimum Gasteiger partial charge on any atom is -0.441 e. The van der Waals surface area contributed by atoms with Gasteiger partial charge in [0.05, 0.1) is 6.54 Å². The lowest BCUT2D eigenvalue weighted by Gasteiger charge is -2.07. The van der Waals surface area contributed by atoms with Crippen LogP contribution in [-0.2, 0) is 4.79 Å². The van der Waals surface area contributed by atoms with Crippen LogP contribution < -0.4 is 10.6 Å². The maximum atomic E-state index is 12.0. The van der Waals surface area contributed by atoms with E-state index in [1.807, 2.05) is 6.07 Å². The Balaban J connectivity index is 1.59. The van der Waals surface area contributed by atoms with Crippen LogP contribution >= 0.6 is 15.9 Å². The van der Waals surface area contributed by atoms with Crippen LogP contribution in [0.25, 0.3) is 11.1 Å². The number of halogens is 1. The molecule has 2 N–H and O–H groups in total. The molecule has 0 atom stereocenters. The number of carbonyl (C=O) groups is 2. The van der Waals surface area contributed by atoms with Crippen LogP contribution in [-0.4, -0.2) is 23.3 Å². The summed E-state index contributed by atoms with van der Waals surface area (Å²) in [6, 6.07) is 12.1. The van der Waals surface area contributed by atoms with E-state index in [9.17, 15) is 9.59 Å². The molecule has 0 fully saturated rings. The van der Waals surface area contributed by atoms with Gasteiger partial charge in [-0.2, -0.15) is 0 Å². The Hall–Kier alpha value is -2.67. The Kier molecular flexibility index (Phi) is 4.61. The second-order valence-corrected chi connectivity index (χ2v) is 6.07. The van der Waals surface area contributed by atoms with Gasteiger partial charge in [-0.25, -0.2) is 4.98 Å². The van der Waals surface area contributed by atoms with Crippen LogP contribution in [0, 0.1) is 6.92 Å². The molecular formula is C17H14BrN3O3. The van der Waals surface area contributed by atoms with Gasteiger partial charge in [-0.3, -0.25) is 9.59 Å². The Bertz CT molecular complexity index is 920. The summed E-state index contributed by atoms with van der Waals surface area (Å²) in [5, 5.41) is 5.30. The molecule has 24 heavy (non-hydrogen) atoms. The molecule has 2 amide bonds. The number of oxazole rings is 1. The number of hydrogen-bond donors (Lipinski definition) is 2. The number of benzene rings is 2. The van der Waals surface area contributed by atoms with E-state index >= 15 is 0 Å². The largest absolute Gasteiger partial charge is 0.441 e. The molecule has 0 aliphatic rings. The summed E-state index contributed by atoms with van der Waals surface area (Å²) in [6.45, 7) is 1.64. The molecule has 3 rings (SSSR count). The zero-order valence-electron chi connectivity index (χ0n) is 12.8. The highest BCUT2D eigenvalue weighted by Gasteiger charge is 2.10. The number of fused-ring (bicyclic) bond motifs is 1. The van der Waals surface area contributed by atoms with Crippen molar-refractivity contribution in [1.82, 2.24) is 10.3 Å². The number of nitrogens with one attached hydrogen (secondary N) is 2. The molecule has 6 nitrogen and oxygen atoms in total. The van der Waals surface area contributed by atoms with Gasteiger partial charge in [0.25, 0.3) is 5.91 Å². The summed E-state index contributed by atoms with van der Waals surface area (Å²) in [4.78, 5) is 28.2. The van der Waals surface area contributed by atoms with E-state index < -0.39 is 0 Å². The van der Waals surface area contributed by atoms with Crippen molar-refractivity contribution in [3.8, 4) is 0 Å². The molecule has 0 saturated carbocycles. The van der Waals surface area contributed by atoms with Crippen LogP contribution in [0.1, 0.15) is 16.2 Å². The number of aromatic nitrogens is 1. The first kappa shape index (κ1) is 16.2. The number of carbonyl (C=O) groups excluding carboxylic acids is 2. The monoisotopic (exact) mass is 387 g/mol. The summed E-state index contributed by atoms with van der Waals surface area (Å²) in [5.41, 5.74) is 2.41. The first-order valence-electron chi connectivity index (χ1n) is 7.22. The van der Waals surface area contributed by atoms with Crippen LogP contribution in [0.5, 0.6) is 0 Å². The lowest BCUT2D eigenvalue weighted by atomic mass is 10.2. The third-order valence-corrected chi connectivity index (χ3v) is 3.77. The van der Waals surface area contributed by atoms with E-state index in [0.717, 1.165) is 4.47 Å². The van der Waals surface area contributed by atoms with Gasteiger partial charge in [0.2, 0.25) is 5.91 Å². The van der Waals surface area contributed by atoms with Gasteiger partial charge in [0.15, 0.2) is 11.5 Å². The lowest BCUT2D eigenvalue weighted by Crippen LogP contribution is -2.32. The van der Waals surface area contributed by atoms with Crippen LogP contribution in [0.2, 0.25) is 0 Å². The number of hydrogen-bond acceptors (Lipinski definition) is 4. The van der Waals surface area contributed by atoms with Crippen molar-refractivity contribution >= 4 is 44.5 Å². The molecule has 1 aromatic heterocycles.